The summed E-state index contributed by atoms with van der Waals surface area (Å²) < 4.78 is 10.0. The van der Waals surface area contributed by atoms with Gasteiger partial charge in [0.25, 0.3) is 5.91 Å². The standard InChI is InChI=1S/C20H20Br2N2O6/c1-29-10-4-2-9(3-5-10)23-13(25)8-30-14(26)7-24-19(27)15-11-6-12(16(15)20(24)28)18(22)17(11)21/h2-5,11-12,15-18H,6-8H2,1H3,(H,23,25)/t11-,12-,15-,16+,17+,18+/m1/s1. The number of carbonyl (C=O) groups is 4. The number of ether oxygens (including phenoxy) is 2. The molecule has 2 aliphatic carbocycles. The van der Waals surface area contributed by atoms with Gasteiger partial charge >= 0.3 is 5.97 Å². The lowest BCUT2D eigenvalue weighted by atomic mass is 9.81. The van der Waals surface area contributed by atoms with Crippen molar-refractivity contribution in [3.05, 3.63) is 24.3 Å². The van der Waals surface area contributed by atoms with Gasteiger partial charge in [0, 0.05) is 15.3 Å². The Hall–Kier alpha value is -1.94. The van der Waals surface area contributed by atoms with Gasteiger partial charge in [0.2, 0.25) is 11.8 Å². The first-order chi connectivity index (χ1) is 14.3. The van der Waals surface area contributed by atoms with Crippen molar-refractivity contribution in [2.45, 2.75) is 16.1 Å². The average molecular weight is 544 g/mol. The molecule has 1 aliphatic heterocycles. The van der Waals surface area contributed by atoms with E-state index in [0.717, 1.165) is 11.3 Å². The van der Waals surface area contributed by atoms with Crippen molar-refractivity contribution >= 4 is 61.2 Å². The van der Waals surface area contributed by atoms with E-state index < -0.39 is 25.0 Å². The quantitative estimate of drug-likeness (QED) is 0.334. The number of hydrogen-bond donors (Lipinski definition) is 1. The molecule has 6 atom stereocenters. The molecule has 1 N–H and O–H groups in total. The number of nitrogens with one attached hydrogen (secondary N) is 1. The smallest absolute Gasteiger partial charge is 0.326 e. The van der Waals surface area contributed by atoms with Crippen molar-refractivity contribution in [3.8, 4) is 5.75 Å². The van der Waals surface area contributed by atoms with Crippen LogP contribution < -0.4 is 10.1 Å². The fourth-order valence-corrected chi connectivity index (χ4v) is 6.63. The molecule has 0 spiro atoms. The van der Waals surface area contributed by atoms with E-state index in [-0.39, 0.29) is 45.1 Å². The molecule has 1 aromatic rings. The molecule has 4 rings (SSSR count). The highest BCUT2D eigenvalue weighted by atomic mass is 79.9. The number of nitrogens with zero attached hydrogens (tertiary/aromatic N) is 1. The number of imide groups is 1. The molecule has 0 radical (unpaired) electrons. The minimum absolute atomic E-state index is 0.0807. The van der Waals surface area contributed by atoms with E-state index in [1.165, 1.54) is 7.11 Å². The minimum atomic E-state index is -0.792. The molecular weight excluding hydrogens is 524 g/mol. The Morgan fingerprint density at radius 2 is 1.63 bits per heavy atom. The van der Waals surface area contributed by atoms with Crippen LogP contribution in [-0.2, 0) is 23.9 Å². The number of amides is 3. The van der Waals surface area contributed by atoms with Gasteiger partial charge in [-0.05, 0) is 42.5 Å². The molecule has 160 valence electrons. The number of fused-ring (bicyclic) bond motifs is 5. The van der Waals surface area contributed by atoms with Gasteiger partial charge in [0.05, 0.1) is 18.9 Å². The molecule has 1 saturated heterocycles. The van der Waals surface area contributed by atoms with Gasteiger partial charge in [-0.25, -0.2) is 0 Å². The van der Waals surface area contributed by atoms with Crippen LogP contribution in [0.1, 0.15) is 6.42 Å². The maximum absolute atomic E-state index is 12.8. The number of likely N-dealkylation sites (tertiary alicyclic amines) is 1. The Kier molecular flexibility index (Phi) is 5.89. The minimum Gasteiger partial charge on any atom is -0.497 e. The molecule has 8 nitrogen and oxygen atoms in total. The molecule has 3 aliphatic rings. The van der Waals surface area contributed by atoms with Gasteiger partial charge in [-0.2, -0.15) is 0 Å². The summed E-state index contributed by atoms with van der Waals surface area (Å²) in [5, 5.41) is 2.59. The Morgan fingerprint density at radius 3 is 2.17 bits per heavy atom. The third-order valence-electron chi connectivity index (χ3n) is 6.10. The summed E-state index contributed by atoms with van der Waals surface area (Å²) in [6, 6.07) is 6.68. The van der Waals surface area contributed by atoms with Crippen molar-refractivity contribution < 1.29 is 28.7 Å². The van der Waals surface area contributed by atoms with E-state index >= 15 is 0 Å². The van der Waals surface area contributed by atoms with E-state index in [0.29, 0.717) is 11.4 Å². The van der Waals surface area contributed by atoms with Crippen LogP contribution in [0.2, 0.25) is 0 Å². The van der Waals surface area contributed by atoms with E-state index in [4.69, 9.17) is 9.47 Å². The summed E-state index contributed by atoms with van der Waals surface area (Å²) in [5.41, 5.74) is 0.527. The van der Waals surface area contributed by atoms with Gasteiger partial charge < -0.3 is 14.8 Å². The number of benzene rings is 1. The first kappa shape index (κ1) is 21.3. The van der Waals surface area contributed by atoms with E-state index in [1.54, 1.807) is 24.3 Å². The van der Waals surface area contributed by atoms with Crippen LogP contribution in [0.5, 0.6) is 5.75 Å². The predicted molar refractivity (Wildman–Crippen MR) is 113 cm³/mol. The van der Waals surface area contributed by atoms with Crippen LogP contribution >= 0.6 is 31.9 Å². The zero-order valence-corrected chi connectivity index (χ0v) is 19.2. The summed E-state index contributed by atoms with van der Waals surface area (Å²) in [6.07, 6.45) is 0.822. The van der Waals surface area contributed by atoms with E-state index in [2.05, 4.69) is 37.2 Å². The molecule has 1 heterocycles. The molecule has 3 amide bonds. The summed E-state index contributed by atoms with van der Waals surface area (Å²) in [7, 11) is 1.54. The molecule has 0 aromatic heterocycles. The van der Waals surface area contributed by atoms with Crippen molar-refractivity contribution in [1.82, 2.24) is 4.90 Å². The number of rotatable bonds is 6. The number of halogens is 2. The zero-order valence-electron chi connectivity index (χ0n) is 16.0. The first-order valence-electron chi connectivity index (χ1n) is 9.54. The number of alkyl halides is 2. The molecule has 30 heavy (non-hydrogen) atoms. The summed E-state index contributed by atoms with van der Waals surface area (Å²) in [6.45, 7) is -0.980. The normalized spacial score (nSPS) is 31.6. The summed E-state index contributed by atoms with van der Waals surface area (Å²) in [4.78, 5) is 51.0. The third-order valence-corrected chi connectivity index (χ3v) is 9.31. The van der Waals surface area contributed by atoms with Gasteiger partial charge in [-0.15, -0.1) is 0 Å². The topological polar surface area (TPSA) is 102 Å². The molecule has 0 unspecified atom stereocenters. The van der Waals surface area contributed by atoms with Crippen molar-refractivity contribution in [3.63, 3.8) is 0 Å². The highest BCUT2D eigenvalue weighted by molar-refractivity contribution is 9.12. The monoisotopic (exact) mass is 542 g/mol. The van der Waals surface area contributed by atoms with Crippen LogP contribution in [0.25, 0.3) is 0 Å². The molecule has 10 heteroatoms. The van der Waals surface area contributed by atoms with Gasteiger partial charge in [0.15, 0.2) is 6.61 Å². The Morgan fingerprint density at radius 1 is 1.07 bits per heavy atom. The summed E-state index contributed by atoms with van der Waals surface area (Å²) in [5.74, 6) is -1.91. The number of carbonyl (C=O) groups excluding carboxylic acids is 4. The van der Waals surface area contributed by atoms with Crippen molar-refractivity contribution in [1.29, 1.82) is 0 Å². The van der Waals surface area contributed by atoms with Crippen LogP contribution in [0.4, 0.5) is 5.69 Å². The van der Waals surface area contributed by atoms with Crippen LogP contribution in [0.3, 0.4) is 0 Å². The third kappa shape index (κ3) is 3.64. The van der Waals surface area contributed by atoms with E-state index in [9.17, 15) is 19.2 Å². The number of esters is 1. The van der Waals surface area contributed by atoms with Crippen molar-refractivity contribution in [2.24, 2.45) is 23.7 Å². The zero-order chi connectivity index (χ0) is 21.6. The van der Waals surface area contributed by atoms with Gasteiger partial charge in [-0.1, -0.05) is 31.9 Å². The van der Waals surface area contributed by atoms with Crippen LogP contribution in [0, 0.1) is 23.7 Å². The van der Waals surface area contributed by atoms with Crippen LogP contribution in [0.15, 0.2) is 24.3 Å². The maximum atomic E-state index is 12.8. The maximum Gasteiger partial charge on any atom is 0.326 e. The highest BCUT2D eigenvalue weighted by Crippen LogP contribution is 2.60. The largest absolute Gasteiger partial charge is 0.497 e. The predicted octanol–water partition coefficient (Wildman–Crippen LogP) is 1.95. The fourth-order valence-electron chi connectivity index (χ4n) is 4.76. The second kappa shape index (κ2) is 8.30. The lowest BCUT2D eigenvalue weighted by Crippen LogP contribution is -2.38. The average Bonchev–Trinajstić information content (AvgIpc) is 3.34. The SMILES string of the molecule is COc1ccc(NC(=O)COC(=O)CN2C(=O)[C@@H]3[C@H]4C[C@@H]([C@H](Br)[C@H]4Br)[C@@H]3C2=O)cc1. The lowest BCUT2D eigenvalue weighted by Gasteiger charge is -2.28. The second-order valence-corrected chi connectivity index (χ2v) is 9.82. The van der Waals surface area contributed by atoms with Gasteiger partial charge in [-0.3, -0.25) is 24.1 Å². The Balaban J connectivity index is 1.29. The first-order valence-corrected chi connectivity index (χ1v) is 11.4. The molecule has 1 aromatic carbocycles. The Labute approximate surface area is 189 Å². The summed E-state index contributed by atoms with van der Waals surface area (Å²) >= 11 is 7.24. The molecule has 2 bridgehead atoms. The number of methoxy groups -OCH3 is 1. The number of hydrogen-bond acceptors (Lipinski definition) is 6. The molecule has 3 fully saturated rings. The lowest BCUT2D eigenvalue weighted by molar-refractivity contribution is -0.154. The molecule has 2 saturated carbocycles. The number of anilines is 1. The molecular formula is C20H20Br2N2O6. The second-order valence-electron chi connectivity index (χ2n) is 7.70. The fraction of sp³-hybridized carbons (Fsp3) is 0.500. The van der Waals surface area contributed by atoms with E-state index in [1.807, 2.05) is 0 Å². The highest BCUT2D eigenvalue weighted by Gasteiger charge is 2.66. The van der Waals surface area contributed by atoms with Gasteiger partial charge in [0.1, 0.15) is 12.3 Å². The van der Waals surface area contributed by atoms with Crippen LogP contribution in [-0.4, -0.2) is 58.5 Å². The Bertz CT molecular complexity index is 860. The van der Waals surface area contributed by atoms with Crippen molar-refractivity contribution in [2.75, 3.05) is 25.6 Å².